The van der Waals surface area contributed by atoms with E-state index in [2.05, 4.69) is 133 Å². The zero-order valence-electron chi connectivity index (χ0n) is 38.2. The summed E-state index contributed by atoms with van der Waals surface area (Å²) < 4.78 is 12.6. The second kappa shape index (κ2) is 26.8. The SMILES string of the molecule is CCCCCCC/C=C/CCCCCc1ccc2c(c1)OCN(c1ccc(Cc3ccc(N4COc5cc(CCCCC/C=C/CCCCCCC)ccc5C4)cc3)cc1)C2. The third-order valence-corrected chi connectivity index (χ3v) is 12.7. The molecule has 0 unspecified atom stereocenters. The van der Waals surface area contributed by atoms with Crippen molar-refractivity contribution < 1.29 is 9.47 Å². The van der Waals surface area contributed by atoms with Crippen molar-refractivity contribution in [3.63, 3.8) is 0 Å². The van der Waals surface area contributed by atoms with E-state index in [1.54, 1.807) is 0 Å². The summed E-state index contributed by atoms with van der Waals surface area (Å²) in [5.74, 6) is 2.12. The highest BCUT2D eigenvalue weighted by Gasteiger charge is 2.20. The number of benzene rings is 4. The number of anilines is 2. The highest BCUT2D eigenvalue weighted by Crippen LogP contribution is 2.32. The van der Waals surface area contributed by atoms with Gasteiger partial charge in [-0.15, -0.1) is 0 Å². The zero-order chi connectivity index (χ0) is 42.2. The third-order valence-electron chi connectivity index (χ3n) is 12.7. The Bertz CT molecular complexity index is 1740. The van der Waals surface area contributed by atoms with E-state index < -0.39 is 0 Å². The molecule has 0 amide bonds. The van der Waals surface area contributed by atoms with E-state index in [0.717, 1.165) is 43.9 Å². The van der Waals surface area contributed by atoms with Gasteiger partial charge in [0.25, 0.3) is 0 Å². The highest BCUT2D eigenvalue weighted by molar-refractivity contribution is 5.54. The van der Waals surface area contributed by atoms with Gasteiger partial charge in [0.1, 0.15) is 11.5 Å². The molecule has 2 aliphatic heterocycles. The van der Waals surface area contributed by atoms with Crippen LogP contribution in [0, 0.1) is 0 Å². The van der Waals surface area contributed by atoms with Crippen LogP contribution >= 0.6 is 0 Å². The van der Waals surface area contributed by atoms with Crippen molar-refractivity contribution in [2.45, 2.75) is 175 Å². The molecule has 328 valence electrons. The lowest BCUT2D eigenvalue weighted by atomic mass is 10.0. The summed E-state index contributed by atoms with van der Waals surface area (Å²) in [4.78, 5) is 4.66. The number of nitrogens with zero attached hydrogens (tertiary/aromatic N) is 2. The highest BCUT2D eigenvalue weighted by atomic mass is 16.5. The number of allylic oxidation sites excluding steroid dienone is 4. The molecular weight excluding hydrogens is 745 g/mol. The van der Waals surface area contributed by atoms with Gasteiger partial charge in [0.15, 0.2) is 13.5 Å². The van der Waals surface area contributed by atoms with Gasteiger partial charge in [-0.1, -0.05) is 151 Å². The Balaban J connectivity index is 0.861. The van der Waals surface area contributed by atoms with E-state index in [0.29, 0.717) is 13.5 Å². The van der Waals surface area contributed by atoms with Crippen LogP contribution in [0.2, 0.25) is 0 Å². The second-order valence-electron chi connectivity index (χ2n) is 17.9. The van der Waals surface area contributed by atoms with Crippen LogP contribution in [0.3, 0.4) is 0 Å². The molecule has 6 rings (SSSR count). The van der Waals surface area contributed by atoms with Gasteiger partial charge in [0.2, 0.25) is 0 Å². The molecule has 0 aliphatic carbocycles. The Morgan fingerprint density at radius 2 is 0.770 bits per heavy atom. The van der Waals surface area contributed by atoms with Crippen molar-refractivity contribution in [3.05, 3.63) is 143 Å². The number of ether oxygens (including phenoxy) is 2. The fourth-order valence-electron chi connectivity index (χ4n) is 8.79. The van der Waals surface area contributed by atoms with Crippen molar-refractivity contribution >= 4 is 11.4 Å². The minimum absolute atomic E-state index is 0.589. The number of hydrogen-bond donors (Lipinski definition) is 0. The monoisotopic (exact) mass is 823 g/mol. The summed E-state index contributed by atoms with van der Waals surface area (Å²) >= 11 is 0. The van der Waals surface area contributed by atoms with Crippen LogP contribution in [0.5, 0.6) is 11.5 Å². The van der Waals surface area contributed by atoms with Crippen molar-refractivity contribution in [3.8, 4) is 11.5 Å². The van der Waals surface area contributed by atoms with Crippen LogP contribution in [0.4, 0.5) is 11.4 Å². The number of fused-ring (bicyclic) bond motifs is 2. The molecule has 4 nitrogen and oxygen atoms in total. The van der Waals surface area contributed by atoms with Crippen LogP contribution < -0.4 is 19.3 Å². The molecule has 0 bridgehead atoms. The summed E-state index contributed by atoms with van der Waals surface area (Å²) in [6.07, 6.45) is 39.1. The average molecular weight is 823 g/mol. The van der Waals surface area contributed by atoms with Gasteiger partial charge in [-0.2, -0.15) is 0 Å². The Morgan fingerprint density at radius 3 is 1.16 bits per heavy atom. The van der Waals surface area contributed by atoms with Gasteiger partial charge in [-0.3, -0.25) is 0 Å². The molecule has 61 heavy (non-hydrogen) atoms. The van der Waals surface area contributed by atoms with Crippen LogP contribution in [-0.4, -0.2) is 13.5 Å². The number of aryl methyl sites for hydroxylation is 2. The number of unbranched alkanes of at least 4 members (excludes halogenated alkanes) is 16. The molecule has 4 heteroatoms. The zero-order valence-corrected chi connectivity index (χ0v) is 38.2. The normalized spacial score (nSPS) is 13.7. The number of rotatable bonds is 28. The maximum atomic E-state index is 6.30. The van der Waals surface area contributed by atoms with Gasteiger partial charge in [0, 0.05) is 35.6 Å². The lowest BCUT2D eigenvalue weighted by molar-refractivity contribution is 0.289. The Labute approximate surface area is 371 Å². The second-order valence-corrected chi connectivity index (χ2v) is 17.9. The minimum Gasteiger partial charge on any atom is -0.473 e. The lowest BCUT2D eigenvalue weighted by Gasteiger charge is -2.31. The first-order valence-electron chi connectivity index (χ1n) is 24.7. The van der Waals surface area contributed by atoms with Gasteiger partial charge < -0.3 is 19.3 Å². The fourth-order valence-corrected chi connectivity index (χ4v) is 8.79. The summed E-state index contributed by atoms with van der Waals surface area (Å²) in [6.45, 7) is 7.50. The third kappa shape index (κ3) is 16.1. The molecule has 4 aromatic rings. The van der Waals surface area contributed by atoms with Crippen molar-refractivity contribution in [1.82, 2.24) is 0 Å². The molecule has 0 atom stereocenters. The van der Waals surface area contributed by atoms with Crippen molar-refractivity contribution in [2.24, 2.45) is 0 Å². The predicted octanol–water partition coefficient (Wildman–Crippen LogP) is 16.0. The molecule has 0 spiro atoms. The molecule has 0 fully saturated rings. The molecule has 0 N–H and O–H groups in total. The summed E-state index contributed by atoms with van der Waals surface area (Å²) in [6, 6.07) is 31.8. The van der Waals surface area contributed by atoms with Crippen LogP contribution in [0.1, 0.15) is 176 Å². The van der Waals surface area contributed by atoms with E-state index in [1.807, 2.05) is 0 Å². The number of hydrogen-bond acceptors (Lipinski definition) is 4. The molecule has 0 saturated carbocycles. The molecule has 0 aromatic heterocycles. The average Bonchev–Trinajstić information content (AvgIpc) is 3.30. The summed E-state index contributed by atoms with van der Waals surface area (Å²) in [5.41, 5.74) is 10.4. The maximum absolute atomic E-state index is 6.30. The Hall–Kier alpha value is -4.44. The van der Waals surface area contributed by atoms with Crippen molar-refractivity contribution in [1.29, 1.82) is 0 Å². The molecule has 2 aliphatic rings. The molecule has 4 aromatic carbocycles. The van der Waals surface area contributed by atoms with Gasteiger partial charge >= 0.3 is 0 Å². The maximum Gasteiger partial charge on any atom is 0.161 e. The van der Waals surface area contributed by atoms with E-state index >= 15 is 0 Å². The molecule has 0 radical (unpaired) electrons. The van der Waals surface area contributed by atoms with E-state index in [-0.39, 0.29) is 0 Å². The summed E-state index contributed by atoms with van der Waals surface area (Å²) in [5, 5.41) is 0. The predicted molar refractivity (Wildman–Crippen MR) is 261 cm³/mol. The van der Waals surface area contributed by atoms with Gasteiger partial charge in [-0.05, 0) is 142 Å². The molecule has 0 saturated heterocycles. The first-order valence-corrected chi connectivity index (χ1v) is 24.7. The topological polar surface area (TPSA) is 24.9 Å². The standard InChI is InChI=1S/C57H78N2O2/c1-3-5-7-9-11-13-15-17-19-21-23-25-27-48-29-35-52-44-58(46-60-56(52)42-48)54-37-31-50(32-38-54)41-51-33-39-55(40-34-51)59-45-53-36-30-49(43-57(53)61-47-59)28-26-24-22-20-18-16-14-12-10-8-6-4-2/h15-18,29-40,42-43H,3-14,19-28,41,44-47H2,1-2H3/b17-15+,18-16+. The van der Waals surface area contributed by atoms with Gasteiger partial charge in [0.05, 0.1) is 0 Å². The van der Waals surface area contributed by atoms with Crippen LogP contribution in [-0.2, 0) is 32.4 Å². The smallest absolute Gasteiger partial charge is 0.161 e. The van der Waals surface area contributed by atoms with Gasteiger partial charge in [-0.25, -0.2) is 0 Å². The van der Waals surface area contributed by atoms with E-state index in [1.165, 1.54) is 173 Å². The molecule has 2 heterocycles. The summed E-state index contributed by atoms with van der Waals surface area (Å²) in [7, 11) is 0. The fraction of sp³-hybridized carbons (Fsp3) is 0.509. The van der Waals surface area contributed by atoms with Crippen molar-refractivity contribution in [2.75, 3.05) is 23.3 Å². The first-order chi connectivity index (χ1) is 30.2. The van der Waals surface area contributed by atoms with E-state index in [9.17, 15) is 0 Å². The van der Waals surface area contributed by atoms with Crippen LogP contribution in [0.25, 0.3) is 0 Å². The van der Waals surface area contributed by atoms with E-state index in [4.69, 9.17) is 9.47 Å². The minimum atomic E-state index is 0.589. The first kappa shape index (κ1) is 46.1. The quantitative estimate of drug-likeness (QED) is 0.0421. The Kier molecular flexibility index (Phi) is 20.2. The van der Waals surface area contributed by atoms with Crippen LogP contribution in [0.15, 0.2) is 109 Å². The Morgan fingerprint density at radius 1 is 0.410 bits per heavy atom. The largest absolute Gasteiger partial charge is 0.473 e. The molecular formula is C57H78N2O2. The lowest BCUT2D eigenvalue weighted by Crippen LogP contribution is -2.31.